The van der Waals surface area contributed by atoms with Gasteiger partial charge >= 0.3 is 6.09 Å². The van der Waals surface area contributed by atoms with E-state index in [4.69, 9.17) is 21.1 Å². The number of hydrogen-bond donors (Lipinski definition) is 0. The molecule has 0 spiro atoms. The van der Waals surface area contributed by atoms with Crippen LogP contribution in [0.2, 0.25) is 0 Å². The SMILES string of the molecule is CC(C)(C)OC(=O)N1C[C@@H](Cl)C2OCC(=O)C21. The Hall–Kier alpha value is -0.810. The number of carbonyl (C=O) groups excluding carboxylic acids is 2. The van der Waals surface area contributed by atoms with Crippen LogP contribution in [0.3, 0.4) is 0 Å². The molecular weight excluding hydrogens is 246 g/mol. The van der Waals surface area contributed by atoms with Crippen LogP contribution in [-0.2, 0) is 14.3 Å². The number of ketones is 1. The molecule has 2 unspecified atom stereocenters. The maximum atomic E-state index is 11.9. The van der Waals surface area contributed by atoms with Crippen molar-refractivity contribution in [1.82, 2.24) is 4.90 Å². The van der Waals surface area contributed by atoms with Gasteiger partial charge in [0.05, 0.1) is 5.38 Å². The Morgan fingerprint density at radius 1 is 1.53 bits per heavy atom. The fraction of sp³-hybridized carbons (Fsp3) is 0.818. The van der Waals surface area contributed by atoms with Crippen molar-refractivity contribution in [1.29, 1.82) is 0 Å². The van der Waals surface area contributed by atoms with Crippen molar-refractivity contribution in [3.63, 3.8) is 0 Å². The van der Waals surface area contributed by atoms with Crippen LogP contribution in [0.5, 0.6) is 0 Å². The molecule has 3 atom stereocenters. The summed E-state index contributed by atoms with van der Waals surface area (Å²) >= 11 is 6.06. The van der Waals surface area contributed by atoms with Crippen LogP contribution >= 0.6 is 11.6 Å². The predicted molar refractivity (Wildman–Crippen MR) is 61.1 cm³/mol. The molecule has 0 aromatic carbocycles. The van der Waals surface area contributed by atoms with E-state index >= 15 is 0 Å². The van der Waals surface area contributed by atoms with Crippen LogP contribution in [0.4, 0.5) is 4.79 Å². The number of hydrogen-bond acceptors (Lipinski definition) is 4. The minimum atomic E-state index is -0.584. The molecule has 0 bridgehead atoms. The van der Waals surface area contributed by atoms with Gasteiger partial charge in [0.2, 0.25) is 0 Å². The average molecular weight is 262 g/mol. The first-order chi connectivity index (χ1) is 7.79. The molecule has 17 heavy (non-hydrogen) atoms. The summed E-state index contributed by atoms with van der Waals surface area (Å²) in [5.74, 6) is -0.107. The second-order valence-corrected chi connectivity index (χ2v) is 5.90. The number of nitrogens with zero attached hydrogens (tertiary/aromatic N) is 1. The number of halogens is 1. The summed E-state index contributed by atoms with van der Waals surface area (Å²) in [6.45, 7) is 5.66. The predicted octanol–water partition coefficient (Wildman–Crippen LogP) is 1.18. The van der Waals surface area contributed by atoms with Crippen LogP contribution < -0.4 is 0 Å². The lowest BCUT2D eigenvalue weighted by Crippen LogP contribution is -2.44. The van der Waals surface area contributed by atoms with Crippen molar-refractivity contribution in [3.05, 3.63) is 0 Å². The second kappa shape index (κ2) is 4.14. The lowest BCUT2D eigenvalue weighted by atomic mass is 10.1. The number of ether oxygens (including phenoxy) is 2. The summed E-state index contributed by atoms with van der Waals surface area (Å²) in [6.07, 6.45) is -0.897. The minimum Gasteiger partial charge on any atom is -0.444 e. The van der Waals surface area contributed by atoms with Crippen molar-refractivity contribution < 1.29 is 19.1 Å². The average Bonchev–Trinajstić information content (AvgIpc) is 2.67. The molecule has 0 aliphatic carbocycles. The fourth-order valence-electron chi connectivity index (χ4n) is 2.11. The Kier molecular flexibility index (Phi) is 3.08. The van der Waals surface area contributed by atoms with Gasteiger partial charge in [0.1, 0.15) is 24.4 Å². The van der Waals surface area contributed by atoms with Gasteiger partial charge in [0, 0.05) is 6.54 Å². The fourth-order valence-corrected chi connectivity index (χ4v) is 2.46. The molecule has 0 aromatic rings. The number of Topliss-reactive ketones (excluding diaryl/α,β-unsaturated/α-hetero) is 1. The third kappa shape index (κ3) is 2.40. The number of amides is 1. The molecule has 2 aliphatic rings. The Morgan fingerprint density at radius 3 is 2.76 bits per heavy atom. The molecule has 2 heterocycles. The Labute approximate surface area is 105 Å². The highest BCUT2D eigenvalue weighted by Gasteiger charge is 2.52. The molecule has 0 radical (unpaired) electrons. The molecule has 2 rings (SSSR count). The van der Waals surface area contributed by atoms with Gasteiger partial charge in [-0.1, -0.05) is 0 Å². The van der Waals surface area contributed by atoms with E-state index in [-0.39, 0.29) is 24.3 Å². The number of rotatable bonds is 0. The lowest BCUT2D eigenvalue weighted by molar-refractivity contribution is -0.121. The van der Waals surface area contributed by atoms with Crippen molar-refractivity contribution in [2.24, 2.45) is 0 Å². The standard InChI is InChI=1S/C11H16ClNO4/c1-11(2,3)17-10(15)13-4-6(12)9-8(13)7(14)5-16-9/h6,8-9H,4-5H2,1-3H3/t6-,8?,9?/m1/s1. The van der Waals surface area contributed by atoms with E-state index in [1.165, 1.54) is 4.90 Å². The van der Waals surface area contributed by atoms with E-state index in [9.17, 15) is 9.59 Å². The van der Waals surface area contributed by atoms with Crippen LogP contribution in [-0.4, -0.2) is 53.1 Å². The third-order valence-corrected chi connectivity index (χ3v) is 3.14. The van der Waals surface area contributed by atoms with Gasteiger partial charge < -0.3 is 9.47 Å². The van der Waals surface area contributed by atoms with Gasteiger partial charge in [-0.05, 0) is 20.8 Å². The topological polar surface area (TPSA) is 55.8 Å². The van der Waals surface area contributed by atoms with Gasteiger partial charge in [0.15, 0.2) is 5.78 Å². The zero-order valence-corrected chi connectivity index (χ0v) is 10.9. The Morgan fingerprint density at radius 2 is 2.18 bits per heavy atom. The smallest absolute Gasteiger partial charge is 0.411 e. The number of likely N-dealkylation sites (tertiary alicyclic amines) is 1. The summed E-state index contributed by atoms with van der Waals surface area (Å²) in [5, 5.41) is -0.348. The van der Waals surface area contributed by atoms with Gasteiger partial charge in [-0.2, -0.15) is 0 Å². The van der Waals surface area contributed by atoms with Gasteiger partial charge in [0.25, 0.3) is 0 Å². The second-order valence-electron chi connectivity index (χ2n) is 5.34. The number of fused-ring (bicyclic) bond motifs is 1. The quantitative estimate of drug-likeness (QED) is 0.615. The molecule has 2 saturated heterocycles. The van der Waals surface area contributed by atoms with Crippen molar-refractivity contribution >= 4 is 23.5 Å². The molecule has 5 nitrogen and oxygen atoms in total. The van der Waals surface area contributed by atoms with Crippen LogP contribution in [0.1, 0.15) is 20.8 Å². The number of alkyl halides is 1. The summed E-state index contributed by atoms with van der Waals surface area (Å²) < 4.78 is 10.5. The summed E-state index contributed by atoms with van der Waals surface area (Å²) in [5.41, 5.74) is -0.584. The summed E-state index contributed by atoms with van der Waals surface area (Å²) in [6, 6.07) is -0.577. The van der Waals surface area contributed by atoms with Crippen molar-refractivity contribution in [2.45, 2.75) is 43.9 Å². The molecule has 2 fully saturated rings. The zero-order valence-electron chi connectivity index (χ0n) is 10.1. The number of carbonyl (C=O) groups is 2. The van der Waals surface area contributed by atoms with Crippen molar-refractivity contribution in [3.8, 4) is 0 Å². The molecule has 0 saturated carbocycles. The van der Waals surface area contributed by atoms with E-state index < -0.39 is 23.8 Å². The lowest BCUT2D eigenvalue weighted by Gasteiger charge is -2.26. The van der Waals surface area contributed by atoms with E-state index in [1.807, 2.05) is 0 Å². The van der Waals surface area contributed by atoms with Gasteiger partial charge in [-0.3, -0.25) is 9.69 Å². The van der Waals surface area contributed by atoms with Crippen LogP contribution in [0.25, 0.3) is 0 Å². The first-order valence-electron chi connectivity index (χ1n) is 5.57. The molecule has 0 N–H and O–H groups in total. The summed E-state index contributed by atoms with van der Waals surface area (Å²) in [7, 11) is 0. The monoisotopic (exact) mass is 261 g/mol. The van der Waals surface area contributed by atoms with E-state index in [0.29, 0.717) is 0 Å². The van der Waals surface area contributed by atoms with E-state index in [0.717, 1.165) is 0 Å². The first kappa shape index (κ1) is 12.6. The minimum absolute atomic E-state index is 0.0256. The van der Waals surface area contributed by atoms with Gasteiger partial charge in [-0.25, -0.2) is 4.79 Å². The highest BCUT2D eigenvalue weighted by Crippen LogP contribution is 2.31. The normalized spacial score (nSPS) is 32.8. The molecular formula is C11H16ClNO4. The highest BCUT2D eigenvalue weighted by molar-refractivity contribution is 6.22. The van der Waals surface area contributed by atoms with E-state index in [1.54, 1.807) is 20.8 Å². The first-order valence-corrected chi connectivity index (χ1v) is 6.01. The Bertz CT molecular complexity index is 352. The molecule has 6 heteroatoms. The van der Waals surface area contributed by atoms with E-state index in [2.05, 4.69) is 0 Å². The molecule has 1 amide bonds. The molecule has 96 valence electrons. The maximum absolute atomic E-state index is 11.9. The van der Waals surface area contributed by atoms with Crippen molar-refractivity contribution in [2.75, 3.05) is 13.2 Å². The van der Waals surface area contributed by atoms with Crippen LogP contribution in [0, 0.1) is 0 Å². The maximum Gasteiger partial charge on any atom is 0.411 e. The Balaban J connectivity index is 2.11. The largest absolute Gasteiger partial charge is 0.444 e. The third-order valence-electron chi connectivity index (χ3n) is 2.75. The molecule has 0 aromatic heterocycles. The molecule has 2 aliphatic heterocycles. The zero-order chi connectivity index (χ0) is 12.8. The summed E-state index contributed by atoms with van der Waals surface area (Å²) in [4.78, 5) is 25.0. The highest BCUT2D eigenvalue weighted by atomic mass is 35.5. The van der Waals surface area contributed by atoms with Crippen LogP contribution in [0.15, 0.2) is 0 Å². The van der Waals surface area contributed by atoms with Gasteiger partial charge in [-0.15, -0.1) is 11.6 Å².